The first-order valence-electron chi connectivity index (χ1n) is 15.4. The minimum Gasteiger partial charge on any atom is -0.376 e. The molecule has 1 unspecified atom stereocenters. The van der Waals surface area contributed by atoms with Gasteiger partial charge in [-0.1, -0.05) is 0 Å². The van der Waals surface area contributed by atoms with Crippen LogP contribution in [-0.4, -0.2) is 65.4 Å². The molecular formula is C30H41N5OS2. The molecule has 1 N–H and O–H groups in total. The summed E-state index contributed by atoms with van der Waals surface area (Å²) < 4.78 is 5.78. The predicted molar refractivity (Wildman–Crippen MR) is 157 cm³/mol. The molecule has 6 fully saturated rings. The minimum atomic E-state index is 0.234. The largest absolute Gasteiger partial charge is 0.376 e. The molecule has 8 heteroatoms. The molecule has 204 valence electrons. The molecule has 2 aromatic rings. The van der Waals surface area contributed by atoms with E-state index in [1.165, 1.54) is 92.5 Å². The van der Waals surface area contributed by atoms with Crippen molar-refractivity contribution < 1.29 is 4.74 Å². The van der Waals surface area contributed by atoms with Gasteiger partial charge in [0.15, 0.2) is 5.11 Å². The van der Waals surface area contributed by atoms with Gasteiger partial charge in [-0.3, -0.25) is 0 Å². The summed E-state index contributed by atoms with van der Waals surface area (Å²) in [5.74, 6) is 5.18. The number of hydrogen-bond donors (Lipinski definition) is 1. The maximum absolute atomic E-state index is 5.79. The number of piperazine rings is 1. The molecule has 5 aliphatic carbocycles. The standard InChI is InChI=1S/C30H41N5OS2/c37-29(31-18-22-4-3-11-36-22)35-9-7-34(8-10-35)26-25-23-5-1-2-6-24(23)38-27(25)33-28(32-26)30-15-19-12-20(16-30)14-21(13-19)17-30/h19-22H,1-18H2,(H,31,37). The summed E-state index contributed by atoms with van der Waals surface area (Å²) in [5, 5.41) is 5.77. The molecule has 1 atom stereocenters. The van der Waals surface area contributed by atoms with Crippen molar-refractivity contribution in [3.63, 3.8) is 0 Å². The Morgan fingerprint density at radius 1 is 0.974 bits per heavy atom. The molecular weight excluding hydrogens is 510 g/mol. The first kappa shape index (κ1) is 24.3. The van der Waals surface area contributed by atoms with Crippen molar-refractivity contribution in [1.29, 1.82) is 0 Å². The maximum Gasteiger partial charge on any atom is 0.169 e. The molecule has 0 aromatic carbocycles. The number of fused-ring (bicyclic) bond motifs is 3. The first-order chi connectivity index (χ1) is 18.6. The number of nitrogens with zero attached hydrogens (tertiary/aromatic N) is 4. The van der Waals surface area contributed by atoms with E-state index >= 15 is 0 Å². The summed E-state index contributed by atoms with van der Waals surface area (Å²) in [6, 6.07) is 0. The lowest BCUT2D eigenvalue weighted by Gasteiger charge is -2.56. The van der Waals surface area contributed by atoms with E-state index in [1.54, 1.807) is 10.4 Å². The molecule has 6 nitrogen and oxygen atoms in total. The molecule has 2 aromatic heterocycles. The molecule has 9 rings (SSSR count). The van der Waals surface area contributed by atoms with Crippen molar-refractivity contribution >= 4 is 44.7 Å². The fraction of sp³-hybridized carbons (Fsp3) is 0.767. The van der Waals surface area contributed by atoms with Crippen LogP contribution in [0.3, 0.4) is 0 Å². The van der Waals surface area contributed by atoms with Gasteiger partial charge < -0.3 is 19.9 Å². The highest BCUT2D eigenvalue weighted by Crippen LogP contribution is 2.60. The molecule has 2 saturated heterocycles. The third kappa shape index (κ3) is 4.15. The number of rotatable bonds is 4. The van der Waals surface area contributed by atoms with E-state index in [9.17, 15) is 0 Å². The van der Waals surface area contributed by atoms with Gasteiger partial charge in [0.2, 0.25) is 0 Å². The van der Waals surface area contributed by atoms with Crippen LogP contribution in [0.1, 0.15) is 80.5 Å². The van der Waals surface area contributed by atoms with E-state index in [1.807, 2.05) is 11.3 Å². The fourth-order valence-corrected chi connectivity index (χ4v) is 10.8. The van der Waals surface area contributed by atoms with Gasteiger partial charge in [0.05, 0.1) is 11.5 Å². The molecule has 4 heterocycles. The Kier molecular flexibility index (Phi) is 6.11. The smallest absolute Gasteiger partial charge is 0.169 e. The summed E-state index contributed by atoms with van der Waals surface area (Å²) in [4.78, 5) is 18.8. The van der Waals surface area contributed by atoms with Gasteiger partial charge in [-0.2, -0.15) is 0 Å². The monoisotopic (exact) mass is 551 g/mol. The summed E-state index contributed by atoms with van der Waals surface area (Å²) in [6.45, 7) is 5.56. The topological polar surface area (TPSA) is 53.5 Å². The number of aryl methyl sites for hydroxylation is 2. The lowest BCUT2D eigenvalue weighted by Crippen LogP contribution is -2.53. The number of thiocarbonyl (C=S) groups is 1. The first-order valence-corrected chi connectivity index (χ1v) is 16.6. The molecule has 0 spiro atoms. The average Bonchev–Trinajstić information content (AvgIpc) is 3.58. The Balaban J connectivity index is 1.08. The molecule has 38 heavy (non-hydrogen) atoms. The highest BCUT2D eigenvalue weighted by Gasteiger charge is 2.53. The van der Waals surface area contributed by atoms with Gasteiger partial charge in [0.1, 0.15) is 16.5 Å². The van der Waals surface area contributed by atoms with Crippen molar-refractivity contribution in [3.8, 4) is 0 Å². The second-order valence-corrected chi connectivity index (χ2v) is 14.7. The van der Waals surface area contributed by atoms with Gasteiger partial charge >= 0.3 is 0 Å². The average molecular weight is 552 g/mol. The highest BCUT2D eigenvalue weighted by atomic mass is 32.1. The van der Waals surface area contributed by atoms with Crippen LogP contribution < -0.4 is 10.2 Å². The van der Waals surface area contributed by atoms with Gasteiger partial charge in [-0.05, 0) is 113 Å². The summed E-state index contributed by atoms with van der Waals surface area (Å²) in [7, 11) is 0. The molecule has 4 bridgehead atoms. The summed E-state index contributed by atoms with van der Waals surface area (Å²) in [5.41, 5.74) is 1.80. The van der Waals surface area contributed by atoms with Gasteiger partial charge in [-0.25, -0.2) is 9.97 Å². The lowest BCUT2D eigenvalue weighted by molar-refractivity contribution is -0.00918. The Morgan fingerprint density at radius 3 is 2.42 bits per heavy atom. The summed E-state index contributed by atoms with van der Waals surface area (Å²) >= 11 is 7.78. The third-order valence-corrected chi connectivity index (χ3v) is 12.3. The van der Waals surface area contributed by atoms with Crippen molar-refractivity contribution in [3.05, 3.63) is 16.3 Å². The van der Waals surface area contributed by atoms with Crippen molar-refractivity contribution in [2.24, 2.45) is 17.8 Å². The maximum atomic E-state index is 5.79. The predicted octanol–water partition coefficient (Wildman–Crippen LogP) is 5.21. The van der Waals surface area contributed by atoms with E-state index in [0.717, 1.165) is 68.6 Å². The number of thiophene rings is 1. The quantitative estimate of drug-likeness (QED) is 0.524. The molecule has 0 amide bonds. The van der Waals surface area contributed by atoms with Crippen molar-refractivity contribution in [1.82, 2.24) is 20.2 Å². The van der Waals surface area contributed by atoms with Crippen LogP contribution in [-0.2, 0) is 23.0 Å². The highest BCUT2D eigenvalue weighted by molar-refractivity contribution is 7.80. The normalized spacial score (nSPS) is 34.2. The summed E-state index contributed by atoms with van der Waals surface area (Å²) in [6.07, 6.45) is 16.0. The van der Waals surface area contributed by atoms with Crippen LogP contribution in [0.25, 0.3) is 10.2 Å². The van der Waals surface area contributed by atoms with E-state index < -0.39 is 0 Å². The van der Waals surface area contributed by atoms with E-state index in [2.05, 4.69) is 15.1 Å². The van der Waals surface area contributed by atoms with E-state index in [0.29, 0.717) is 6.10 Å². The zero-order chi connectivity index (χ0) is 25.3. The van der Waals surface area contributed by atoms with Crippen LogP contribution in [0.15, 0.2) is 0 Å². The Labute approximate surface area is 235 Å². The van der Waals surface area contributed by atoms with Crippen LogP contribution >= 0.6 is 23.6 Å². The third-order valence-electron chi connectivity index (χ3n) is 10.7. The van der Waals surface area contributed by atoms with Crippen LogP contribution in [0.5, 0.6) is 0 Å². The zero-order valence-electron chi connectivity index (χ0n) is 22.6. The lowest BCUT2D eigenvalue weighted by atomic mass is 9.49. The number of hydrogen-bond acceptors (Lipinski definition) is 6. The Hall–Kier alpha value is -1.51. The van der Waals surface area contributed by atoms with Crippen LogP contribution in [0, 0.1) is 17.8 Å². The van der Waals surface area contributed by atoms with E-state index in [4.69, 9.17) is 26.9 Å². The van der Waals surface area contributed by atoms with Gasteiger partial charge in [-0.15, -0.1) is 11.3 Å². The minimum absolute atomic E-state index is 0.234. The number of anilines is 1. The van der Waals surface area contributed by atoms with Crippen LogP contribution in [0.2, 0.25) is 0 Å². The van der Waals surface area contributed by atoms with E-state index in [-0.39, 0.29) is 5.41 Å². The Morgan fingerprint density at radius 2 is 1.71 bits per heavy atom. The number of nitrogens with one attached hydrogen (secondary N) is 1. The second kappa shape index (κ2) is 9.55. The second-order valence-electron chi connectivity index (χ2n) is 13.3. The van der Waals surface area contributed by atoms with Gasteiger partial charge in [0.25, 0.3) is 0 Å². The number of ether oxygens (including phenoxy) is 1. The molecule has 0 radical (unpaired) electrons. The molecule has 4 saturated carbocycles. The van der Waals surface area contributed by atoms with Gasteiger partial charge in [0, 0.05) is 49.6 Å². The number of aromatic nitrogens is 2. The molecule has 7 aliphatic rings. The Bertz CT molecular complexity index is 1190. The molecule has 2 aliphatic heterocycles. The van der Waals surface area contributed by atoms with Crippen molar-refractivity contribution in [2.45, 2.75) is 88.6 Å². The van der Waals surface area contributed by atoms with Crippen molar-refractivity contribution in [2.75, 3.05) is 44.2 Å². The fourth-order valence-electron chi connectivity index (χ4n) is 9.23. The SMILES string of the molecule is S=C(NCC1CCCO1)N1CCN(c2nc(C34CC5CC(CC(C5)C3)C4)nc3sc4c(c23)CCCC4)CC1. The zero-order valence-corrected chi connectivity index (χ0v) is 24.2. The van der Waals surface area contributed by atoms with Crippen LogP contribution in [0.4, 0.5) is 5.82 Å².